The molecular formula is C21H31N3O4. The van der Waals surface area contributed by atoms with E-state index in [1.165, 1.54) is 6.07 Å². The summed E-state index contributed by atoms with van der Waals surface area (Å²) in [6, 6.07) is 5.09. The third-order valence-corrected chi connectivity index (χ3v) is 5.68. The first-order chi connectivity index (χ1) is 13.6. The Hall–Kier alpha value is -2.25. The molecule has 1 heterocycles. The Morgan fingerprint density at radius 3 is 2.79 bits per heavy atom. The van der Waals surface area contributed by atoms with Crippen LogP contribution in [-0.2, 0) is 12.8 Å². The fraction of sp³-hybridized carbons (Fsp3) is 0.571. The van der Waals surface area contributed by atoms with Crippen LogP contribution in [0.3, 0.4) is 0 Å². The van der Waals surface area contributed by atoms with Gasteiger partial charge in [0.1, 0.15) is 5.76 Å². The molecule has 1 aromatic carbocycles. The maximum Gasteiger partial charge on any atom is 0.280 e. The molecule has 7 heteroatoms. The van der Waals surface area contributed by atoms with Crippen molar-refractivity contribution in [1.29, 1.82) is 0 Å². The Morgan fingerprint density at radius 2 is 2.00 bits per heavy atom. The van der Waals surface area contributed by atoms with Gasteiger partial charge in [0.15, 0.2) is 11.5 Å². The number of unbranched alkanes of at least 4 members (excludes halogenated alkanes) is 3. The number of phenolic OH excluding ortho intramolecular Hbond substituents is 2. The minimum atomic E-state index is -0.192. The average Bonchev–Trinajstić information content (AvgIpc) is 3.10. The van der Waals surface area contributed by atoms with E-state index >= 15 is 0 Å². The van der Waals surface area contributed by atoms with Crippen LogP contribution in [0.2, 0.25) is 0 Å². The van der Waals surface area contributed by atoms with Gasteiger partial charge in [-0.05, 0) is 49.8 Å². The second kappa shape index (κ2) is 9.80. The Labute approximate surface area is 164 Å². The van der Waals surface area contributed by atoms with E-state index < -0.39 is 0 Å². The van der Waals surface area contributed by atoms with Crippen molar-refractivity contribution in [3.63, 3.8) is 0 Å². The second-order valence-electron chi connectivity index (χ2n) is 7.69. The summed E-state index contributed by atoms with van der Waals surface area (Å²) in [6.45, 7) is 1.75. The van der Waals surface area contributed by atoms with Crippen molar-refractivity contribution in [1.82, 2.24) is 10.5 Å². The molecule has 2 aromatic rings. The van der Waals surface area contributed by atoms with Crippen molar-refractivity contribution in [2.45, 2.75) is 63.3 Å². The van der Waals surface area contributed by atoms with Crippen LogP contribution in [-0.4, -0.2) is 34.5 Å². The van der Waals surface area contributed by atoms with E-state index in [4.69, 9.17) is 10.3 Å². The predicted molar refractivity (Wildman–Crippen MR) is 108 cm³/mol. The number of H-pyrrole nitrogens is 1. The smallest absolute Gasteiger partial charge is 0.280 e. The summed E-state index contributed by atoms with van der Waals surface area (Å²) in [5.74, 6) is 0.920. The van der Waals surface area contributed by atoms with Crippen molar-refractivity contribution in [2.24, 2.45) is 5.73 Å². The third-order valence-electron chi connectivity index (χ3n) is 5.68. The van der Waals surface area contributed by atoms with Crippen LogP contribution in [0, 0.1) is 0 Å². The molecule has 0 saturated heterocycles. The van der Waals surface area contributed by atoms with E-state index in [0.29, 0.717) is 12.2 Å². The molecule has 0 fully saturated rings. The summed E-state index contributed by atoms with van der Waals surface area (Å²) in [4.78, 5) is 11.0. The van der Waals surface area contributed by atoms with Gasteiger partial charge in [-0.1, -0.05) is 25.3 Å². The molecule has 28 heavy (non-hydrogen) atoms. The first-order valence-corrected chi connectivity index (χ1v) is 10.2. The molecule has 2 unspecified atom stereocenters. The van der Waals surface area contributed by atoms with Gasteiger partial charge in [0.2, 0.25) is 0 Å². The number of fused-ring (bicyclic) bond motifs is 1. The molecule has 3 rings (SSSR count). The van der Waals surface area contributed by atoms with Gasteiger partial charge >= 0.3 is 0 Å². The van der Waals surface area contributed by atoms with Gasteiger partial charge in [-0.15, -0.1) is 0 Å². The average molecular weight is 389 g/mol. The molecular weight excluding hydrogens is 358 g/mol. The lowest BCUT2D eigenvalue weighted by Gasteiger charge is -2.32. The number of phenols is 2. The third kappa shape index (κ3) is 5.17. The first-order valence-electron chi connectivity index (χ1n) is 10.2. The highest BCUT2D eigenvalue weighted by atomic mass is 16.5. The summed E-state index contributed by atoms with van der Waals surface area (Å²) < 4.78 is 5.01. The van der Waals surface area contributed by atoms with E-state index in [-0.39, 0.29) is 29.0 Å². The number of nitrogens with two attached hydrogens (primary N) is 1. The Balaban J connectivity index is 1.32. The highest BCUT2D eigenvalue weighted by Crippen LogP contribution is 2.42. The largest absolute Gasteiger partial charge is 0.504 e. The summed E-state index contributed by atoms with van der Waals surface area (Å²) in [7, 11) is 0. The fourth-order valence-corrected chi connectivity index (χ4v) is 4.11. The molecule has 1 aliphatic rings. The summed E-state index contributed by atoms with van der Waals surface area (Å²) >= 11 is 0. The summed E-state index contributed by atoms with van der Waals surface area (Å²) in [6.07, 6.45) is 7.81. The molecule has 0 saturated carbocycles. The van der Waals surface area contributed by atoms with Gasteiger partial charge in [0.25, 0.3) is 5.56 Å². The minimum absolute atomic E-state index is 0.0272. The standard InChI is InChI=1S/C21H31N3O4/c22-18-8-6-17-15(7-9-19(25)21(17)27)16(18)5-3-1-2-4-11-23-12-10-14-13-20(26)24-28-14/h7,9,13,16,18,23,25,27H,1-6,8,10-12,22H2,(H,24,26). The lowest BCUT2D eigenvalue weighted by atomic mass is 9.76. The molecule has 0 aliphatic heterocycles. The number of aromatic hydroxyl groups is 2. The van der Waals surface area contributed by atoms with E-state index in [2.05, 4.69) is 10.5 Å². The lowest BCUT2D eigenvalue weighted by molar-refractivity contribution is 0.375. The molecule has 0 bridgehead atoms. The molecule has 0 radical (unpaired) electrons. The van der Waals surface area contributed by atoms with Gasteiger partial charge in [-0.3, -0.25) is 4.79 Å². The number of aromatic amines is 1. The number of nitrogens with one attached hydrogen (secondary N) is 2. The first kappa shape index (κ1) is 20.5. The quantitative estimate of drug-likeness (QED) is 0.314. The zero-order valence-corrected chi connectivity index (χ0v) is 16.2. The minimum Gasteiger partial charge on any atom is -0.504 e. The van der Waals surface area contributed by atoms with Crippen LogP contribution in [0.4, 0.5) is 0 Å². The van der Waals surface area contributed by atoms with Crippen LogP contribution in [0.15, 0.2) is 27.5 Å². The molecule has 1 aliphatic carbocycles. The highest BCUT2D eigenvalue weighted by molar-refractivity contribution is 5.51. The normalized spacial score (nSPS) is 18.9. The number of aromatic nitrogens is 1. The van der Waals surface area contributed by atoms with Crippen LogP contribution < -0.4 is 16.6 Å². The van der Waals surface area contributed by atoms with Crippen LogP contribution in [0.1, 0.15) is 61.3 Å². The number of benzene rings is 1. The SMILES string of the molecule is NC1CCc2c(ccc(O)c2O)C1CCCCCCNCCc1cc(=O)[nH]o1. The fourth-order valence-electron chi connectivity index (χ4n) is 4.11. The zero-order chi connectivity index (χ0) is 19.9. The van der Waals surface area contributed by atoms with E-state index in [1.54, 1.807) is 6.07 Å². The van der Waals surface area contributed by atoms with Crippen LogP contribution in [0.25, 0.3) is 0 Å². The van der Waals surface area contributed by atoms with Crippen LogP contribution >= 0.6 is 0 Å². The molecule has 1 aromatic heterocycles. The lowest BCUT2D eigenvalue weighted by Crippen LogP contribution is -2.33. The summed E-state index contributed by atoms with van der Waals surface area (Å²) in [5.41, 5.74) is 8.12. The Bertz CT molecular complexity index is 814. The predicted octanol–water partition coefficient (Wildman–Crippen LogP) is 2.52. The Morgan fingerprint density at radius 1 is 1.18 bits per heavy atom. The summed E-state index contributed by atoms with van der Waals surface area (Å²) in [5, 5.41) is 25.5. The van der Waals surface area contributed by atoms with Crippen LogP contribution in [0.5, 0.6) is 11.5 Å². The van der Waals surface area contributed by atoms with E-state index in [1.807, 2.05) is 6.07 Å². The molecule has 154 valence electrons. The number of hydrogen-bond donors (Lipinski definition) is 5. The number of hydrogen-bond acceptors (Lipinski definition) is 6. The van der Waals surface area contributed by atoms with E-state index in [0.717, 1.165) is 69.2 Å². The van der Waals surface area contributed by atoms with Gasteiger partial charge in [-0.2, -0.15) is 5.16 Å². The van der Waals surface area contributed by atoms with E-state index in [9.17, 15) is 15.0 Å². The monoisotopic (exact) mass is 389 g/mol. The van der Waals surface area contributed by atoms with Gasteiger partial charge in [0.05, 0.1) is 0 Å². The maximum absolute atomic E-state index is 11.0. The topological polar surface area (TPSA) is 125 Å². The Kier molecular flexibility index (Phi) is 7.17. The number of rotatable bonds is 10. The van der Waals surface area contributed by atoms with Gasteiger partial charge in [0, 0.05) is 30.6 Å². The molecule has 7 nitrogen and oxygen atoms in total. The molecule has 6 N–H and O–H groups in total. The van der Waals surface area contributed by atoms with Crippen molar-refractivity contribution in [3.8, 4) is 11.5 Å². The molecule has 2 atom stereocenters. The molecule has 0 spiro atoms. The maximum atomic E-state index is 11.0. The second-order valence-corrected chi connectivity index (χ2v) is 7.69. The van der Waals surface area contributed by atoms with Crippen molar-refractivity contribution in [3.05, 3.63) is 45.4 Å². The van der Waals surface area contributed by atoms with Gasteiger partial charge < -0.3 is 25.8 Å². The highest BCUT2D eigenvalue weighted by Gasteiger charge is 2.29. The van der Waals surface area contributed by atoms with Crippen molar-refractivity contribution < 1.29 is 14.7 Å². The van der Waals surface area contributed by atoms with Gasteiger partial charge in [-0.25, -0.2) is 0 Å². The van der Waals surface area contributed by atoms with Crippen molar-refractivity contribution in [2.75, 3.05) is 13.1 Å². The zero-order valence-electron chi connectivity index (χ0n) is 16.2. The molecule has 0 amide bonds. The van der Waals surface area contributed by atoms with Crippen molar-refractivity contribution >= 4 is 0 Å².